The Morgan fingerprint density at radius 1 is 1.29 bits per heavy atom. The van der Waals surface area contributed by atoms with E-state index in [-0.39, 0.29) is 0 Å². The first-order valence-electron chi connectivity index (χ1n) is 3.94. The van der Waals surface area contributed by atoms with Gasteiger partial charge in [0.05, 0.1) is 10.0 Å². The Morgan fingerprint density at radius 2 is 2.00 bits per heavy atom. The molecule has 0 saturated carbocycles. The fourth-order valence-corrected chi connectivity index (χ4v) is 2.20. The number of hydrogen-bond donors (Lipinski definition) is 0. The van der Waals surface area contributed by atoms with E-state index in [2.05, 4.69) is 6.58 Å². The molecule has 0 atom stereocenters. The van der Waals surface area contributed by atoms with Crippen molar-refractivity contribution in [2.75, 3.05) is 11.6 Å². The molecule has 0 bridgehead atoms. The Labute approximate surface area is 103 Å². The average molecular weight is 268 g/mol. The lowest BCUT2D eigenvalue weighted by atomic mass is 10.4. The van der Waals surface area contributed by atoms with Gasteiger partial charge in [0.15, 0.2) is 0 Å². The van der Waals surface area contributed by atoms with Gasteiger partial charge in [-0.1, -0.05) is 35.4 Å². The van der Waals surface area contributed by atoms with E-state index in [1.807, 2.05) is 12.1 Å². The molecule has 0 aliphatic carbocycles. The van der Waals surface area contributed by atoms with Crippen LogP contribution in [0.2, 0.25) is 10.0 Å². The summed E-state index contributed by atoms with van der Waals surface area (Å²) in [6, 6.07) is 5.56. The monoisotopic (exact) mass is 266 g/mol. The fourth-order valence-electron chi connectivity index (χ4n) is 0.791. The van der Waals surface area contributed by atoms with Crippen LogP contribution < -0.4 is 0 Å². The number of hydrogen-bond acceptors (Lipinski definition) is 1. The second-order valence-electron chi connectivity index (χ2n) is 2.75. The van der Waals surface area contributed by atoms with Crippen LogP contribution >= 0.6 is 46.6 Å². The number of alkyl halides is 1. The van der Waals surface area contributed by atoms with E-state index in [9.17, 15) is 0 Å². The largest absolute Gasteiger partial charge is 0.122 e. The zero-order chi connectivity index (χ0) is 10.6. The maximum atomic E-state index is 5.87. The van der Waals surface area contributed by atoms with Crippen molar-refractivity contribution in [2.24, 2.45) is 0 Å². The van der Waals surface area contributed by atoms with Gasteiger partial charge < -0.3 is 0 Å². The Morgan fingerprint density at radius 3 is 2.57 bits per heavy atom. The highest BCUT2D eigenvalue weighted by Crippen LogP contribution is 2.28. The smallest absolute Gasteiger partial charge is 0.0603 e. The molecule has 0 aliphatic heterocycles. The molecule has 1 aromatic rings. The summed E-state index contributed by atoms with van der Waals surface area (Å²) in [5.41, 5.74) is 1.00. The molecule has 0 fully saturated rings. The fraction of sp³-hybridized carbons (Fsp3) is 0.200. The topological polar surface area (TPSA) is 0 Å². The first kappa shape index (κ1) is 12.3. The minimum atomic E-state index is 0.494. The van der Waals surface area contributed by atoms with Crippen LogP contribution in [0, 0.1) is 0 Å². The first-order valence-corrected chi connectivity index (χ1v) is 6.21. The molecule has 1 aromatic carbocycles. The standard InChI is InChI=1S/C10H9Cl3S/c1-7(5-11)6-14-8-2-3-9(12)10(13)4-8/h2-4H,1,5-6H2. The summed E-state index contributed by atoms with van der Waals surface area (Å²) in [6.07, 6.45) is 0. The summed E-state index contributed by atoms with van der Waals surface area (Å²) in [5.74, 6) is 1.30. The molecule has 0 unspecified atom stereocenters. The van der Waals surface area contributed by atoms with Crippen LogP contribution in [0.1, 0.15) is 0 Å². The van der Waals surface area contributed by atoms with Crippen LogP contribution in [0.3, 0.4) is 0 Å². The number of halogens is 3. The predicted octanol–water partition coefficient (Wildman–Crippen LogP) is 4.88. The van der Waals surface area contributed by atoms with E-state index in [1.54, 1.807) is 17.8 Å². The van der Waals surface area contributed by atoms with Gasteiger partial charge in [0, 0.05) is 16.5 Å². The maximum Gasteiger partial charge on any atom is 0.0603 e. The molecule has 0 amide bonds. The Hall–Kier alpha value is 0.180. The minimum Gasteiger partial charge on any atom is -0.122 e. The second-order valence-corrected chi connectivity index (χ2v) is 4.88. The molecule has 0 aliphatic rings. The highest BCUT2D eigenvalue weighted by molar-refractivity contribution is 7.99. The summed E-state index contributed by atoms with van der Waals surface area (Å²) < 4.78 is 0. The van der Waals surface area contributed by atoms with Crippen LogP contribution in [-0.4, -0.2) is 11.6 Å². The Balaban J connectivity index is 2.60. The number of rotatable bonds is 4. The van der Waals surface area contributed by atoms with Crippen LogP contribution in [0.5, 0.6) is 0 Å². The van der Waals surface area contributed by atoms with E-state index >= 15 is 0 Å². The van der Waals surface area contributed by atoms with E-state index in [0.29, 0.717) is 15.9 Å². The summed E-state index contributed by atoms with van der Waals surface area (Å²) in [4.78, 5) is 1.07. The number of benzene rings is 1. The third-order valence-corrected chi connectivity index (χ3v) is 3.78. The van der Waals surface area contributed by atoms with Gasteiger partial charge in [-0.2, -0.15) is 0 Å². The zero-order valence-electron chi connectivity index (χ0n) is 7.40. The zero-order valence-corrected chi connectivity index (χ0v) is 10.5. The summed E-state index contributed by atoms with van der Waals surface area (Å²) in [7, 11) is 0. The lowest BCUT2D eigenvalue weighted by Gasteiger charge is -2.03. The molecule has 76 valence electrons. The third kappa shape index (κ3) is 3.74. The minimum absolute atomic E-state index is 0.494. The molecule has 0 N–H and O–H groups in total. The molecule has 0 aromatic heterocycles. The van der Waals surface area contributed by atoms with Gasteiger partial charge in [0.2, 0.25) is 0 Å². The van der Waals surface area contributed by atoms with Crippen LogP contribution in [0.25, 0.3) is 0 Å². The normalized spacial score (nSPS) is 10.2. The third-order valence-electron chi connectivity index (χ3n) is 1.52. The van der Waals surface area contributed by atoms with Crippen molar-refractivity contribution >= 4 is 46.6 Å². The van der Waals surface area contributed by atoms with Crippen LogP contribution in [0.15, 0.2) is 35.2 Å². The van der Waals surface area contributed by atoms with E-state index in [1.165, 1.54) is 0 Å². The van der Waals surface area contributed by atoms with Crippen molar-refractivity contribution in [3.05, 3.63) is 40.4 Å². The molecule has 0 radical (unpaired) electrons. The lowest BCUT2D eigenvalue weighted by Crippen LogP contribution is -1.86. The van der Waals surface area contributed by atoms with Gasteiger partial charge in [0.25, 0.3) is 0 Å². The van der Waals surface area contributed by atoms with Crippen molar-refractivity contribution in [1.82, 2.24) is 0 Å². The van der Waals surface area contributed by atoms with Gasteiger partial charge in [-0.3, -0.25) is 0 Å². The van der Waals surface area contributed by atoms with Crippen molar-refractivity contribution in [1.29, 1.82) is 0 Å². The molecule has 0 spiro atoms. The molecule has 1 rings (SSSR count). The quantitative estimate of drug-likeness (QED) is 0.426. The highest BCUT2D eigenvalue weighted by Gasteiger charge is 2.00. The molecule has 0 saturated heterocycles. The summed E-state index contributed by atoms with van der Waals surface area (Å²) in [6.45, 7) is 3.82. The van der Waals surface area contributed by atoms with Crippen molar-refractivity contribution < 1.29 is 0 Å². The number of thioether (sulfide) groups is 1. The molecular weight excluding hydrogens is 259 g/mol. The van der Waals surface area contributed by atoms with E-state index < -0.39 is 0 Å². The van der Waals surface area contributed by atoms with E-state index in [0.717, 1.165) is 16.2 Å². The average Bonchev–Trinajstić information content (AvgIpc) is 2.19. The molecule has 4 heteroatoms. The van der Waals surface area contributed by atoms with Crippen molar-refractivity contribution in [3.8, 4) is 0 Å². The second kappa shape index (κ2) is 5.92. The SMILES string of the molecule is C=C(CCl)CSc1ccc(Cl)c(Cl)c1. The Kier molecular flexibility index (Phi) is 5.18. The lowest BCUT2D eigenvalue weighted by molar-refractivity contribution is 1.41. The van der Waals surface area contributed by atoms with Crippen molar-refractivity contribution in [3.63, 3.8) is 0 Å². The van der Waals surface area contributed by atoms with Gasteiger partial charge in [-0.05, 0) is 18.2 Å². The van der Waals surface area contributed by atoms with Gasteiger partial charge in [-0.15, -0.1) is 23.4 Å². The molecule has 0 heterocycles. The van der Waals surface area contributed by atoms with E-state index in [4.69, 9.17) is 34.8 Å². The first-order chi connectivity index (χ1) is 6.63. The predicted molar refractivity (Wildman–Crippen MR) is 67.0 cm³/mol. The van der Waals surface area contributed by atoms with Crippen molar-refractivity contribution in [2.45, 2.75) is 4.90 Å². The molecular formula is C10H9Cl3S. The highest BCUT2D eigenvalue weighted by atomic mass is 35.5. The van der Waals surface area contributed by atoms with Gasteiger partial charge in [-0.25, -0.2) is 0 Å². The van der Waals surface area contributed by atoms with Gasteiger partial charge >= 0.3 is 0 Å². The maximum absolute atomic E-state index is 5.87. The molecule has 14 heavy (non-hydrogen) atoms. The van der Waals surface area contributed by atoms with Gasteiger partial charge in [0.1, 0.15) is 0 Å². The summed E-state index contributed by atoms with van der Waals surface area (Å²) in [5, 5.41) is 1.15. The molecule has 0 nitrogen and oxygen atoms in total. The summed E-state index contributed by atoms with van der Waals surface area (Å²) >= 11 is 18.9. The Bertz CT molecular complexity index is 336. The van der Waals surface area contributed by atoms with Crippen LogP contribution in [-0.2, 0) is 0 Å². The van der Waals surface area contributed by atoms with Crippen LogP contribution in [0.4, 0.5) is 0 Å².